The first-order valence-corrected chi connectivity index (χ1v) is 6.60. The summed E-state index contributed by atoms with van der Waals surface area (Å²) in [6.45, 7) is 2.36. The molecule has 1 unspecified atom stereocenters. The molecule has 1 N–H and O–H groups in total. The number of hydrogen-bond acceptors (Lipinski definition) is 2. The molecule has 0 aliphatic rings. The molecule has 15 heavy (non-hydrogen) atoms. The van der Waals surface area contributed by atoms with Gasteiger partial charge in [0.2, 0.25) is 0 Å². The van der Waals surface area contributed by atoms with Gasteiger partial charge in [0, 0.05) is 17.6 Å². The average Bonchev–Trinajstić information content (AvgIpc) is 2.20. The minimum atomic E-state index is 0.246. The van der Waals surface area contributed by atoms with E-state index in [2.05, 4.69) is 6.92 Å². The third-order valence-corrected chi connectivity index (χ3v) is 4.10. The van der Waals surface area contributed by atoms with Crippen molar-refractivity contribution in [2.75, 3.05) is 6.61 Å². The minimum absolute atomic E-state index is 0.246. The summed E-state index contributed by atoms with van der Waals surface area (Å²) >= 11 is 13.5. The Bertz CT molecular complexity index is 317. The largest absolute Gasteiger partial charge is 0.396 e. The zero-order valence-corrected chi connectivity index (χ0v) is 10.9. The van der Waals surface area contributed by atoms with Gasteiger partial charge < -0.3 is 5.11 Å². The van der Waals surface area contributed by atoms with Crippen LogP contribution in [0.3, 0.4) is 0 Å². The van der Waals surface area contributed by atoms with Crippen LogP contribution in [0.4, 0.5) is 0 Å². The highest BCUT2D eigenvalue weighted by molar-refractivity contribution is 7.99. The highest BCUT2D eigenvalue weighted by Gasteiger charge is 2.04. The molecule has 0 aliphatic heterocycles. The van der Waals surface area contributed by atoms with Crippen molar-refractivity contribution in [3.05, 3.63) is 33.8 Å². The number of thioether (sulfide) groups is 1. The summed E-state index contributed by atoms with van der Waals surface area (Å²) in [5.74, 6) is 0.901. The predicted molar refractivity (Wildman–Crippen MR) is 68.9 cm³/mol. The summed E-state index contributed by atoms with van der Waals surface area (Å²) in [5, 5.41) is 10.4. The van der Waals surface area contributed by atoms with Crippen molar-refractivity contribution in [3.8, 4) is 0 Å². The molecule has 0 spiro atoms. The number of aliphatic hydroxyl groups excluding tert-OH is 1. The second-order valence-corrected chi connectivity index (χ2v) is 5.62. The smallest absolute Gasteiger partial charge is 0.0595 e. The lowest BCUT2D eigenvalue weighted by Crippen LogP contribution is -1.99. The third-order valence-electron chi connectivity index (χ3n) is 2.05. The van der Waals surface area contributed by atoms with E-state index in [0.717, 1.165) is 12.2 Å². The maximum atomic E-state index is 8.76. The monoisotopic (exact) mass is 264 g/mol. The molecular formula is C11H14Cl2OS. The minimum Gasteiger partial charge on any atom is -0.396 e. The van der Waals surface area contributed by atoms with E-state index in [9.17, 15) is 0 Å². The van der Waals surface area contributed by atoms with Crippen molar-refractivity contribution in [2.24, 2.45) is 0 Å². The van der Waals surface area contributed by atoms with E-state index in [4.69, 9.17) is 28.3 Å². The second-order valence-electron chi connectivity index (χ2n) is 3.38. The molecule has 4 heteroatoms. The molecule has 1 atom stereocenters. The summed E-state index contributed by atoms with van der Waals surface area (Å²) in [4.78, 5) is 0. The normalized spacial score (nSPS) is 12.8. The van der Waals surface area contributed by atoms with Gasteiger partial charge in [-0.05, 0) is 24.1 Å². The Morgan fingerprint density at radius 3 is 2.67 bits per heavy atom. The molecule has 1 rings (SSSR count). The molecule has 0 aromatic heterocycles. The zero-order valence-electron chi connectivity index (χ0n) is 8.54. The first-order valence-electron chi connectivity index (χ1n) is 4.80. The van der Waals surface area contributed by atoms with E-state index in [1.807, 2.05) is 18.2 Å². The van der Waals surface area contributed by atoms with E-state index in [1.54, 1.807) is 11.8 Å². The lowest BCUT2D eigenvalue weighted by atomic mass is 10.2. The molecule has 0 bridgehead atoms. The molecule has 84 valence electrons. The SMILES string of the molecule is CC(CCO)SCc1ccc(Cl)c(Cl)c1. The molecule has 0 heterocycles. The number of benzene rings is 1. The van der Waals surface area contributed by atoms with E-state index in [1.165, 1.54) is 5.56 Å². The van der Waals surface area contributed by atoms with Crippen LogP contribution in [0.2, 0.25) is 10.0 Å². The fourth-order valence-electron chi connectivity index (χ4n) is 1.13. The molecule has 0 amide bonds. The van der Waals surface area contributed by atoms with Crippen molar-refractivity contribution in [1.29, 1.82) is 0 Å². The standard InChI is InChI=1S/C11H14Cl2OS/c1-8(4-5-14)15-7-9-2-3-10(12)11(13)6-9/h2-3,6,8,14H,4-5,7H2,1H3. The van der Waals surface area contributed by atoms with Gasteiger partial charge in [-0.1, -0.05) is 36.2 Å². The summed E-state index contributed by atoms with van der Waals surface area (Å²) < 4.78 is 0. The van der Waals surface area contributed by atoms with Gasteiger partial charge in [0.15, 0.2) is 0 Å². The first-order chi connectivity index (χ1) is 7.13. The highest BCUT2D eigenvalue weighted by Crippen LogP contribution is 2.26. The molecule has 0 fully saturated rings. The first kappa shape index (κ1) is 13.2. The van der Waals surface area contributed by atoms with Crippen LogP contribution >= 0.6 is 35.0 Å². The molecule has 1 nitrogen and oxygen atoms in total. The number of aliphatic hydroxyl groups is 1. The quantitative estimate of drug-likeness (QED) is 0.868. The van der Waals surface area contributed by atoms with Crippen molar-refractivity contribution in [3.63, 3.8) is 0 Å². The predicted octanol–water partition coefficient (Wildman–Crippen LogP) is 4.00. The zero-order chi connectivity index (χ0) is 11.3. The van der Waals surface area contributed by atoms with Crippen LogP contribution in [0.15, 0.2) is 18.2 Å². The Kier molecular flexibility index (Phi) is 5.83. The van der Waals surface area contributed by atoms with Gasteiger partial charge in [-0.3, -0.25) is 0 Å². The maximum Gasteiger partial charge on any atom is 0.0595 e. The van der Waals surface area contributed by atoms with Gasteiger partial charge in [0.05, 0.1) is 10.0 Å². The van der Waals surface area contributed by atoms with Crippen LogP contribution in [0.1, 0.15) is 18.9 Å². The molecule has 1 aromatic rings. The summed E-state index contributed by atoms with van der Waals surface area (Å²) in [5.41, 5.74) is 1.17. The van der Waals surface area contributed by atoms with Gasteiger partial charge >= 0.3 is 0 Å². The van der Waals surface area contributed by atoms with Crippen LogP contribution < -0.4 is 0 Å². The third kappa shape index (κ3) is 4.64. The van der Waals surface area contributed by atoms with Crippen LogP contribution in [0.25, 0.3) is 0 Å². The molecule has 0 saturated heterocycles. The van der Waals surface area contributed by atoms with Gasteiger partial charge in [0.1, 0.15) is 0 Å². The Labute approximate surface area is 105 Å². The van der Waals surface area contributed by atoms with E-state index in [0.29, 0.717) is 15.3 Å². The topological polar surface area (TPSA) is 20.2 Å². The second kappa shape index (κ2) is 6.64. The molecule has 0 aliphatic carbocycles. The fourth-order valence-corrected chi connectivity index (χ4v) is 2.38. The Morgan fingerprint density at radius 1 is 1.33 bits per heavy atom. The maximum absolute atomic E-state index is 8.76. The van der Waals surface area contributed by atoms with E-state index in [-0.39, 0.29) is 6.61 Å². The van der Waals surface area contributed by atoms with E-state index < -0.39 is 0 Å². The van der Waals surface area contributed by atoms with Crippen LogP contribution in [-0.4, -0.2) is 17.0 Å². The number of halogens is 2. The Balaban J connectivity index is 2.47. The average molecular weight is 265 g/mol. The van der Waals surface area contributed by atoms with Crippen LogP contribution in [0, 0.1) is 0 Å². The van der Waals surface area contributed by atoms with Gasteiger partial charge in [0.25, 0.3) is 0 Å². The number of rotatable bonds is 5. The van der Waals surface area contributed by atoms with Crippen molar-refractivity contribution >= 4 is 35.0 Å². The van der Waals surface area contributed by atoms with Crippen molar-refractivity contribution in [2.45, 2.75) is 24.3 Å². The highest BCUT2D eigenvalue weighted by atomic mass is 35.5. The molecule has 1 aromatic carbocycles. The summed E-state index contributed by atoms with van der Waals surface area (Å²) in [6.07, 6.45) is 0.825. The van der Waals surface area contributed by atoms with Crippen molar-refractivity contribution < 1.29 is 5.11 Å². The van der Waals surface area contributed by atoms with Crippen molar-refractivity contribution in [1.82, 2.24) is 0 Å². The van der Waals surface area contributed by atoms with Crippen LogP contribution in [-0.2, 0) is 5.75 Å². The number of hydrogen-bond donors (Lipinski definition) is 1. The fraction of sp³-hybridized carbons (Fsp3) is 0.455. The molecule has 0 radical (unpaired) electrons. The van der Waals surface area contributed by atoms with Gasteiger partial charge in [-0.25, -0.2) is 0 Å². The Hall–Kier alpha value is 0.110. The molecular weight excluding hydrogens is 251 g/mol. The van der Waals surface area contributed by atoms with E-state index >= 15 is 0 Å². The van der Waals surface area contributed by atoms with Gasteiger partial charge in [-0.2, -0.15) is 11.8 Å². The molecule has 0 saturated carbocycles. The van der Waals surface area contributed by atoms with Crippen LogP contribution in [0.5, 0.6) is 0 Å². The lowest BCUT2D eigenvalue weighted by molar-refractivity contribution is 0.289. The Morgan fingerprint density at radius 2 is 2.07 bits per heavy atom. The summed E-state index contributed by atoms with van der Waals surface area (Å²) in [7, 11) is 0. The van der Waals surface area contributed by atoms with Gasteiger partial charge in [-0.15, -0.1) is 0 Å². The lowest BCUT2D eigenvalue weighted by Gasteiger charge is -2.09. The summed E-state index contributed by atoms with van der Waals surface area (Å²) in [6, 6.07) is 5.69.